The number of hydrogen-bond donors (Lipinski definition) is 1. The van der Waals surface area contributed by atoms with Gasteiger partial charge in [-0.1, -0.05) is 33.8 Å². The fourth-order valence-corrected chi connectivity index (χ4v) is 1.58. The summed E-state index contributed by atoms with van der Waals surface area (Å²) in [6, 6.07) is 7.60. The monoisotopic (exact) mass is 265 g/mol. The lowest BCUT2D eigenvalue weighted by atomic mass is 10.1. The Morgan fingerprint density at radius 3 is 2.79 bits per heavy atom. The normalized spacial score (nSPS) is 8.64. The van der Waals surface area contributed by atoms with Crippen LogP contribution in [-0.2, 0) is 5.33 Å². The predicted octanol–water partition coefficient (Wildman–Crippen LogP) is 2.73. The maximum Gasteiger partial charge on any atom is 0.0992 e. The van der Waals surface area contributed by atoms with Gasteiger partial charge in [0.25, 0.3) is 0 Å². The number of nitriles is 1. The van der Waals surface area contributed by atoms with Gasteiger partial charge in [0.15, 0.2) is 0 Å². The molecule has 0 saturated heterocycles. The van der Waals surface area contributed by atoms with E-state index in [9.17, 15) is 0 Å². The third-order valence-corrected chi connectivity index (χ3v) is 2.45. The summed E-state index contributed by atoms with van der Waals surface area (Å²) < 4.78 is 0. The van der Waals surface area contributed by atoms with Crippen molar-refractivity contribution in [2.24, 2.45) is 0 Å². The summed E-state index contributed by atoms with van der Waals surface area (Å²) in [5, 5.41) is 9.47. The Balaban J connectivity index is 3.16. The van der Waals surface area contributed by atoms with E-state index in [2.05, 4.69) is 46.5 Å². The van der Waals surface area contributed by atoms with Crippen molar-refractivity contribution in [3.05, 3.63) is 34.9 Å². The maximum absolute atomic E-state index is 8.73. The van der Waals surface area contributed by atoms with E-state index in [1.165, 1.54) is 0 Å². The molecule has 0 aliphatic heterocycles. The molecule has 0 unspecified atom stereocenters. The molecule has 1 aromatic rings. The quantitative estimate of drug-likeness (QED) is 0.471. The molecule has 0 amide bonds. The van der Waals surface area contributed by atoms with Crippen LogP contribution in [0, 0.1) is 23.2 Å². The van der Waals surface area contributed by atoms with E-state index in [4.69, 9.17) is 5.26 Å². The minimum absolute atomic E-state index is 0.526. The van der Waals surface area contributed by atoms with Gasteiger partial charge >= 0.3 is 0 Å². The Hall–Kier alpha value is -0.900. The number of hydrogen-bond acceptors (Lipinski definition) is 2. The highest BCUT2D eigenvalue weighted by molar-refractivity contribution is 9.08. The van der Waals surface area contributed by atoms with E-state index in [-0.39, 0.29) is 0 Å². The van der Waals surface area contributed by atoms with Gasteiger partial charge in [0, 0.05) is 10.9 Å². The van der Waals surface area contributed by atoms with Crippen LogP contribution in [-0.4, -0.2) is 5.75 Å². The van der Waals surface area contributed by atoms with Gasteiger partial charge in [0.1, 0.15) is 0 Å². The van der Waals surface area contributed by atoms with Gasteiger partial charge in [-0.2, -0.15) is 17.9 Å². The van der Waals surface area contributed by atoms with Crippen molar-refractivity contribution in [3.8, 4) is 17.9 Å². The first-order chi connectivity index (χ1) is 6.81. The van der Waals surface area contributed by atoms with E-state index in [0.717, 1.165) is 16.5 Å². The van der Waals surface area contributed by atoms with E-state index in [1.54, 1.807) is 12.1 Å². The summed E-state index contributed by atoms with van der Waals surface area (Å²) in [5.74, 6) is 6.38. The summed E-state index contributed by atoms with van der Waals surface area (Å²) in [7, 11) is 0. The van der Waals surface area contributed by atoms with Crippen molar-refractivity contribution in [2.45, 2.75) is 5.33 Å². The van der Waals surface area contributed by atoms with E-state index in [1.807, 2.05) is 6.07 Å². The van der Waals surface area contributed by atoms with Crippen LogP contribution in [0.1, 0.15) is 16.7 Å². The highest BCUT2D eigenvalue weighted by atomic mass is 79.9. The Bertz CT molecular complexity index is 423. The SMILES string of the molecule is N#Cc1ccc(CBr)c(C#CCS)c1. The molecule has 0 N–H and O–H groups in total. The zero-order valence-electron chi connectivity index (χ0n) is 7.42. The first-order valence-corrected chi connectivity index (χ1v) is 5.76. The van der Waals surface area contributed by atoms with Crippen LogP contribution in [0.5, 0.6) is 0 Å². The molecule has 0 heterocycles. The average Bonchev–Trinajstić information content (AvgIpc) is 2.25. The number of benzene rings is 1. The van der Waals surface area contributed by atoms with Gasteiger partial charge in [0.2, 0.25) is 0 Å². The molecule has 0 fully saturated rings. The molecule has 0 atom stereocenters. The smallest absolute Gasteiger partial charge is 0.0992 e. The minimum atomic E-state index is 0.526. The first kappa shape index (κ1) is 11.2. The van der Waals surface area contributed by atoms with E-state index < -0.39 is 0 Å². The second-order valence-corrected chi connectivity index (χ2v) is 3.45. The fraction of sp³-hybridized carbons (Fsp3) is 0.182. The lowest BCUT2D eigenvalue weighted by Gasteiger charge is -1.99. The van der Waals surface area contributed by atoms with E-state index >= 15 is 0 Å². The standard InChI is InChI=1S/C11H8BrNS/c12-7-11-4-3-9(8-13)6-10(11)2-1-5-14/h3-4,6,14H,5,7H2. The Kier molecular flexibility index (Phi) is 4.59. The Labute approximate surface area is 97.7 Å². The number of nitrogens with zero attached hydrogens (tertiary/aromatic N) is 1. The highest BCUT2D eigenvalue weighted by Gasteiger charge is 1.99. The summed E-state index contributed by atoms with van der Waals surface area (Å²) in [6.45, 7) is 0. The van der Waals surface area contributed by atoms with E-state index in [0.29, 0.717) is 11.3 Å². The van der Waals surface area contributed by atoms with Gasteiger partial charge in [-0.3, -0.25) is 0 Å². The second kappa shape index (κ2) is 5.75. The molecule has 3 heteroatoms. The van der Waals surface area contributed by atoms with Gasteiger partial charge in [-0.05, 0) is 17.7 Å². The topological polar surface area (TPSA) is 23.8 Å². The van der Waals surface area contributed by atoms with Crippen LogP contribution in [0.3, 0.4) is 0 Å². The third kappa shape index (κ3) is 2.80. The number of rotatable bonds is 1. The van der Waals surface area contributed by atoms with Crippen LogP contribution < -0.4 is 0 Å². The molecule has 0 aliphatic rings. The van der Waals surface area contributed by atoms with Gasteiger partial charge in [0.05, 0.1) is 17.4 Å². The molecule has 1 nitrogen and oxygen atoms in total. The highest BCUT2D eigenvalue weighted by Crippen LogP contribution is 2.13. The molecule has 0 aromatic heterocycles. The van der Waals surface area contributed by atoms with Crippen molar-refractivity contribution >= 4 is 28.6 Å². The fourth-order valence-electron chi connectivity index (χ4n) is 1.01. The van der Waals surface area contributed by atoms with Crippen LogP contribution >= 0.6 is 28.6 Å². The summed E-state index contributed by atoms with van der Waals surface area (Å²) in [5.41, 5.74) is 2.63. The van der Waals surface area contributed by atoms with Gasteiger partial charge in [-0.15, -0.1) is 0 Å². The van der Waals surface area contributed by atoms with Crippen molar-refractivity contribution in [1.29, 1.82) is 5.26 Å². The van der Waals surface area contributed by atoms with Crippen molar-refractivity contribution in [3.63, 3.8) is 0 Å². The Morgan fingerprint density at radius 2 is 2.21 bits per heavy atom. The molecule has 0 aliphatic carbocycles. The predicted molar refractivity (Wildman–Crippen MR) is 64.5 cm³/mol. The number of alkyl halides is 1. The van der Waals surface area contributed by atoms with Crippen LogP contribution in [0.4, 0.5) is 0 Å². The molecule has 0 spiro atoms. The zero-order chi connectivity index (χ0) is 10.4. The largest absolute Gasteiger partial charge is 0.192 e. The third-order valence-electron chi connectivity index (χ3n) is 1.69. The number of halogens is 1. The summed E-state index contributed by atoms with van der Waals surface area (Å²) >= 11 is 7.39. The summed E-state index contributed by atoms with van der Waals surface area (Å²) in [6.07, 6.45) is 0. The lowest BCUT2D eigenvalue weighted by Crippen LogP contribution is -1.87. The summed E-state index contributed by atoms with van der Waals surface area (Å²) in [4.78, 5) is 0. The van der Waals surface area contributed by atoms with Crippen molar-refractivity contribution < 1.29 is 0 Å². The van der Waals surface area contributed by atoms with Crippen molar-refractivity contribution in [1.82, 2.24) is 0 Å². The second-order valence-electron chi connectivity index (χ2n) is 2.58. The Morgan fingerprint density at radius 1 is 1.43 bits per heavy atom. The number of thiol groups is 1. The van der Waals surface area contributed by atoms with Gasteiger partial charge in [-0.25, -0.2) is 0 Å². The van der Waals surface area contributed by atoms with Crippen LogP contribution in [0.25, 0.3) is 0 Å². The molecule has 14 heavy (non-hydrogen) atoms. The molecule has 0 bridgehead atoms. The lowest BCUT2D eigenvalue weighted by molar-refractivity contribution is 1.38. The average molecular weight is 266 g/mol. The molecular weight excluding hydrogens is 258 g/mol. The maximum atomic E-state index is 8.73. The molecule has 1 rings (SSSR count). The molecule has 1 aromatic carbocycles. The van der Waals surface area contributed by atoms with Crippen molar-refractivity contribution in [2.75, 3.05) is 5.75 Å². The zero-order valence-corrected chi connectivity index (χ0v) is 9.90. The van der Waals surface area contributed by atoms with Crippen LogP contribution in [0.2, 0.25) is 0 Å². The minimum Gasteiger partial charge on any atom is -0.192 e. The van der Waals surface area contributed by atoms with Gasteiger partial charge < -0.3 is 0 Å². The molecule has 0 radical (unpaired) electrons. The molecular formula is C11H8BrNS. The first-order valence-electron chi connectivity index (χ1n) is 4.00. The van der Waals surface area contributed by atoms with Crippen LogP contribution in [0.15, 0.2) is 18.2 Å². The molecule has 0 saturated carbocycles. The molecule has 70 valence electrons.